The van der Waals surface area contributed by atoms with Crippen LogP contribution in [0.5, 0.6) is 5.75 Å². The van der Waals surface area contributed by atoms with Crippen LogP contribution in [0.4, 0.5) is 4.39 Å². The molecule has 0 spiro atoms. The maximum Gasteiger partial charge on any atom is 0.123 e. The van der Waals surface area contributed by atoms with Crippen LogP contribution in [0.3, 0.4) is 0 Å². The Hall–Kier alpha value is -0.610. The summed E-state index contributed by atoms with van der Waals surface area (Å²) in [5.41, 5.74) is 0.999. The Morgan fingerprint density at radius 1 is 1.42 bits per heavy atom. The van der Waals surface area contributed by atoms with Crippen LogP contribution < -0.4 is 4.74 Å². The van der Waals surface area contributed by atoms with Gasteiger partial charge in [0.05, 0.1) is 0 Å². The van der Waals surface area contributed by atoms with Crippen molar-refractivity contribution in [3.8, 4) is 5.75 Å². The van der Waals surface area contributed by atoms with Gasteiger partial charge >= 0.3 is 0 Å². The number of benzene rings is 1. The van der Waals surface area contributed by atoms with Crippen LogP contribution in [0.2, 0.25) is 0 Å². The van der Waals surface area contributed by atoms with Gasteiger partial charge in [-0.15, -0.1) is 0 Å². The molecule has 1 aliphatic rings. The second kappa shape index (κ2) is 7.25. The first kappa shape index (κ1) is 14.8. The highest BCUT2D eigenvalue weighted by molar-refractivity contribution is 9.09. The van der Waals surface area contributed by atoms with Gasteiger partial charge < -0.3 is 4.74 Å². The second-order valence-electron chi connectivity index (χ2n) is 5.04. The van der Waals surface area contributed by atoms with E-state index in [0.29, 0.717) is 0 Å². The van der Waals surface area contributed by atoms with Crippen molar-refractivity contribution >= 4 is 15.9 Å². The van der Waals surface area contributed by atoms with Crippen molar-refractivity contribution in [1.29, 1.82) is 0 Å². The maximum atomic E-state index is 13.2. The normalized spacial score (nSPS) is 17.6. The number of unbranched alkanes of at least 4 members (excludes halogenated alkanes) is 1. The van der Waals surface area contributed by atoms with Gasteiger partial charge in [0.15, 0.2) is 0 Å². The van der Waals surface area contributed by atoms with E-state index in [1.165, 1.54) is 18.9 Å². The molecule has 0 fully saturated rings. The van der Waals surface area contributed by atoms with Gasteiger partial charge in [-0.3, -0.25) is 4.90 Å². The lowest BCUT2D eigenvalue weighted by atomic mass is 10.1. The van der Waals surface area contributed by atoms with Crippen molar-refractivity contribution < 1.29 is 9.13 Å². The second-order valence-corrected chi connectivity index (χ2v) is 5.83. The molecule has 0 radical (unpaired) electrons. The summed E-state index contributed by atoms with van der Waals surface area (Å²) >= 11 is 3.50. The lowest BCUT2D eigenvalue weighted by Gasteiger charge is -2.24. The molecule has 0 N–H and O–H groups in total. The van der Waals surface area contributed by atoms with E-state index in [2.05, 4.69) is 27.8 Å². The molecule has 1 aliphatic heterocycles. The summed E-state index contributed by atoms with van der Waals surface area (Å²) in [7, 11) is 0. The van der Waals surface area contributed by atoms with Gasteiger partial charge in [-0.25, -0.2) is 4.39 Å². The number of ether oxygens (including phenoxy) is 1. The fourth-order valence-corrected chi connectivity index (χ4v) is 2.98. The van der Waals surface area contributed by atoms with Gasteiger partial charge in [0.1, 0.15) is 17.7 Å². The number of hydrogen-bond donors (Lipinski definition) is 0. The highest BCUT2D eigenvalue weighted by Gasteiger charge is 2.24. The van der Waals surface area contributed by atoms with E-state index in [4.69, 9.17) is 4.74 Å². The van der Waals surface area contributed by atoms with E-state index in [1.54, 1.807) is 12.1 Å². The number of halogens is 2. The van der Waals surface area contributed by atoms with Crippen LogP contribution in [0.15, 0.2) is 18.2 Å². The Kier molecular flexibility index (Phi) is 5.64. The molecule has 19 heavy (non-hydrogen) atoms. The van der Waals surface area contributed by atoms with Crippen molar-refractivity contribution in [1.82, 2.24) is 4.90 Å². The minimum absolute atomic E-state index is 0.160. The van der Waals surface area contributed by atoms with Gasteiger partial charge in [-0.2, -0.15) is 0 Å². The van der Waals surface area contributed by atoms with Crippen molar-refractivity contribution in [2.75, 3.05) is 25.0 Å². The third-order valence-corrected chi connectivity index (χ3v) is 3.81. The predicted octanol–water partition coefficient (Wildman–Crippen LogP) is 3.63. The van der Waals surface area contributed by atoms with Crippen molar-refractivity contribution in [3.05, 3.63) is 29.6 Å². The Morgan fingerprint density at radius 3 is 3.00 bits per heavy atom. The summed E-state index contributed by atoms with van der Waals surface area (Å²) in [6.07, 6.45) is 3.39. The van der Waals surface area contributed by atoms with E-state index in [0.717, 1.165) is 42.7 Å². The molecule has 1 aromatic carbocycles. The smallest absolute Gasteiger partial charge is 0.123 e. The molecule has 2 rings (SSSR count). The van der Waals surface area contributed by atoms with Gasteiger partial charge in [-0.05, 0) is 31.2 Å². The first-order chi connectivity index (χ1) is 9.22. The minimum atomic E-state index is -0.175. The van der Waals surface area contributed by atoms with Crippen LogP contribution in [0.25, 0.3) is 0 Å². The Balaban J connectivity index is 1.90. The van der Waals surface area contributed by atoms with E-state index in [-0.39, 0.29) is 11.9 Å². The molecular weight excluding hydrogens is 309 g/mol. The van der Waals surface area contributed by atoms with Crippen LogP contribution in [0, 0.1) is 5.82 Å². The Bertz CT molecular complexity index is 413. The van der Waals surface area contributed by atoms with Crippen LogP contribution >= 0.6 is 15.9 Å². The number of hydrogen-bond acceptors (Lipinski definition) is 2. The summed E-state index contributed by atoms with van der Waals surface area (Å²) in [4.78, 5) is 2.42. The zero-order chi connectivity index (χ0) is 13.7. The van der Waals surface area contributed by atoms with Crippen molar-refractivity contribution in [2.45, 2.75) is 32.3 Å². The minimum Gasteiger partial charge on any atom is -0.488 e. The summed E-state index contributed by atoms with van der Waals surface area (Å²) in [6.45, 7) is 5.26. The number of fused-ring (bicyclic) bond motifs is 1. The molecule has 0 saturated carbocycles. The molecule has 1 heterocycles. The monoisotopic (exact) mass is 329 g/mol. The Labute approximate surface area is 123 Å². The van der Waals surface area contributed by atoms with Gasteiger partial charge in [-0.1, -0.05) is 29.3 Å². The number of rotatable bonds is 7. The zero-order valence-corrected chi connectivity index (χ0v) is 13.0. The molecule has 0 bridgehead atoms. The van der Waals surface area contributed by atoms with E-state index in [9.17, 15) is 4.39 Å². The molecule has 1 unspecified atom stereocenters. The summed E-state index contributed by atoms with van der Waals surface area (Å²) in [5.74, 6) is 0.673. The van der Waals surface area contributed by atoms with Gasteiger partial charge in [0, 0.05) is 30.4 Å². The third-order valence-electron chi connectivity index (χ3n) is 3.45. The molecule has 4 heteroatoms. The average molecular weight is 330 g/mol. The first-order valence-electron chi connectivity index (χ1n) is 6.96. The Morgan fingerprint density at radius 2 is 2.26 bits per heavy atom. The average Bonchev–Trinajstić information content (AvgIpc) is 2.77. The van der Waals surface area contributed by atoms with E-state index >= 15 is 0 Å². The zero-order valence-electron chi connectivity index (χ0n) is 11.4. The van der Waals surface area contributed by atoms with Gasteiger partial charge in [0.2, 0.25) is 0 Å². The molecule has 0 aromatic heterocycles. The highest BCUT2D eigenvalue weighted by atomic mass is 79.9. The van der Waals surface area contributed by atoms with E-state index in [1.807, 2.05) is 0 Å². The largest absolute Gasteiger partial charge is 0.488 e. The maximum absolute atomic E-state index is 13.2. The fraction of sp³-hybridized carbons (Fsp3) is 0.600. The molecule has 1 aromatic rings. The standard InChI is InChI=1S/C15H21BrFNO/c1-2-3-7-18(8-6-16)11-14-10-12-9-13(17)4-5-15(12)19-14/h4-5,9,14H,2-3,6-8,10-11H2,1H3. The quantitative estimate of drug-likeness (QED) is 0.708. The van der Waals surface area contributed by atoms with Crippen LogP contribution in [-0.4, -0.2) is 36.0 Å². The summed E-state index contributed by atoms with van der Waals surface area (Å²) in [6, 6.07) is 4.80. The molecule has 0 saturated heterocycles. The van der Waals surface area contributed by atoms with Crippen molar-refractivity contribution in [2.24, 2.45) is 0 Å². The fourth-order valence-electron chi connectivity index (χ4n) is 2.47. The summed E-state index contributed by atoms with van der Waals surface area (Å²) < 4.78 is 19.1. The van der Waals surface area contributed by atoms with Crippen molar-refractivity contribution in [3.63, 3.8) is 0 Å². The molecule has 0 amide bonds. The van der Waals surface area contributed by atoms with Crippen LogP contribution in [-0.2, 0) is 6.42 Å². The molecule has 1 atom stereocenters. The SMILES string of the molecule is CCCCN(CCBr)CC1Cc2cc(F)ccc2O1. The molecule has 106 valence electrons. The lowest BCUT2D eigenvalue weighted by Crippen LogP contribution is -2.36. The van der Waals surface area contributed by atoms with Crippen LogP contribution in [0.1, 0.15) is 25.3 Å². The van der Waals surface area contributed by atoms with E-state index < -0.39 is 0 Å². The summed E-state index contributed by atoms with van der Waals surface area (Å²) in [5, 5.41) is 0.977. The highest BCUT2D eigenvalue weighted by Crippen LogP contribution is 2.29. The lowest BCUT2D eigenvalue weighted by molar-refractivity contribution is 0.154. The molecular formula is C15H21BrFNO. The molecule has 0 aliphatic carbocycles. The van der Waals surface area contributed by atoms with Gasteiger partial charge in [0.25, 0.3) is 0 Å². The first-order valence-corrected chi connectivity index (χ1v) is 8.08. The number of nitrogens with zero attached hydrogens (tertiary/aromatic N) is 1. The predicted molar refractivity (Wildman–Crippen MR) is 79.7 cm³/mol. The topological polar surface area (TPSA) is 12.5 Å². The third kappa shape index (κ3) is 4.18. The molecule has 2 nitrogen and oxygen atoms in total. The number of alkyl halides is 1.